The van der Waals surface area contributed by atoms with E-state index in [1.54, 1.807) is 74.6 Å². The number of H-pyrrole nitrogens is 1. The van der Waals surface area contributed by atoms with Crippen molar-refractivity contribution in [1.29, 1.82) is 0 Å². The molecule has 466 valence electrons. The summed E-state index contributed by atoms with van der Waals surface area (Å²) >= 11 is 0. The van der Waals surface area contributed by atoms with Crippen LogP contribution in [-0.4, -0.2) is 175 Å². The minimum absolute atomic E-state index is 0.0220. The quantitative estimate of drug-likeness (QED) is 0.0304. The lowest BCUT2D eigenvalue weighted by Crippen LogP contribution is -2.61. The normalized spacial score (nSPS) is 21.1. The number of hydrogen-bond donors (Lipinski definition) is 16. The van der Waals surface area contributed by atoms with Crippen molar-refractivity contribution in [2.75, 3.05) is 18.1 Å². The number of benzene rings is 3. The van der Waals surface area contributed by atoms with Crippen molar-refractivity contribution in [1.82, 2.24) is 52.8 Å². The van der Waals surface area contributed by atoms with Gasteiger partial charge < -0.3 is 84.7 Å². The van der Waals surface area contributed by atoms with Crippen molar-refractivity contribution in [3.05, 3.63) is 102 Å². The van der Waals surface area contributed by atoms with Gasteiger partial charge in [-0.3, -0.25) is 47.9 Å². The highest BCUT2D eigenvalue weighted by Gasteiger charge is 2.37. The Kier molecular flexibility index (Phi) is 26.7. The molecule has 4 aromatic rings. The molecule has 1 aliphatic rings. The van der Waals surface area contributed by atoms with Gasteiger partial charge in [0.05, 0.1) is 12.5 Å². The molecule has 1 aliphatic heterocycles. The molecular weight excluding hydrogens is 1160 g/mol. The van der Waals surface area contributed by atoms with Crippen molar-refractivity contribution < 1.29 is 73.2 Å². The third-order valence-electron chi connectivity index (χ3n) is 13.9. The topological polar surface area (TPSA) is 445 Å². The van der Waals surface area contributed by atoms with Gasteiger partial charge in [-0.25, -0.2) is 4.79 Å². The molecule has 0 aliphatic carbocycles. The van der Waals surface area contributed by atoms with E-state index in [2.05, 4.69) is 52.8 Å². The van der Waals surface area contributed by atoms with Crippen LogP contribution in [0.3, 0.4) is 0 Å². The van der Waals surface area contributed by atoms with Gasteiger partial charge in [-0.15, -0.1) is 0 Å². The van der Waals surface area contributed by atoms with Crippen LogP contribution in [-0.2, 0) is 72.0 Å². The van der Waals surface area contributed by atoms with Gasteiger partial charge in [0.1, 0.15) is 66.2 Å². The highest BCUT2D eigenvalue weighted by molar-refractivity contribution is 8.76. The van der Waals surface area contributed by atoms with Gasteiger partial charge in [0.25, 0.3) is 0 Å². The molecule has 2 heterocycles. The lowest BCUT2D eigenvalue weighted by molar-refractivity contribution is -0.143. The number of aliphatic hydroxyl groups excluding tert-OH is 1. The summed E-state index contributed by atoms with van der Waals surface area (Å²) in [7, 11) is 1.70. The standard InChI is InChI=1S/C57H76N12O15S2/c1-29(2)47(57(83)84)69-55(81)44-28-86-85-27-43(67-53(79)42(25-45(72)73)63-48(74)30(3)61-56(82)46(59)31(4)70)54(80)65-39(22-32-12-6-5-7-13-32)50(76)66-41(24-34-26-60-37-15-9-8-14-36(34)37)52(78)62-38(16-10-11-21-58)49(75)64-40(51(77)68-44)23-33-17-19-35(71)20-18-33/h5-9,12-15,17-20,26,29-31,38-44,46-47,60,70-71H,10-11,16,21-25,27-28,58-59H2,1-4H3,(H,61,82)(H,62,78)(H,63,74)(H,64,75)(H,65,80)(H,66,76)(H,67,79)(H,68,77)(H,69,81)(H,72,73)(H,83,84)/t30-,31+,38-,39-,40-,41-,42-,43-,44-,46-,47-/m0/s1. The zero-order chi connectivity index (χ0) is 63.2. The second-order valence-corrected chi connectivity index (χ2v) is 23.6. The fraction of sp³-hybridized carbons (Fsp3) is 0.456. The van der Waals surface area contributed by atoms with Crippen LogP contribution >= 0.6 is 21.6 Å². The summed E-state index contributed by atoms with van der Waals surface area (Å²) in [5.74, 6) is -13.3. The maximum atomic E-state index is 15.0. The molecule has 27 nitrogen and oxygen atoms in total. The van der Waals surface area contributed by atoms with Crippen LogP contribution in [0.5, 0.6) is 5.75 Å². The molecule has 18 N–H and O–H groups in total. The van der Waals surface area contributed by atoms with E-state index >= 15 is 0 Å². The number of nitrogens with one attached hydrogen (secondary N) is 10. The number of nitrogens with two attached hydrogens (primary N) is 2. The molecule has 0 bridgehead atoms. The summed E-state index contributed by atoms with van der Waals surface area (Å²) < 4.78 is 0. The Bertz CT molecular complexity index is 3020. The summed E-state index contributed by atoms with van der Waals surface area (Å²) in [5.41, 5.74) is 13.8. The van der Waals surface area contributed by atoms with Crippen molar-refractivity contribution in [2.45, 2.75) is 139 Å². The molecule has 1 saturated heterocycles. The van der Waals surface area contributed by atoms with Crippen molar-refractivity contribution in [2.24, 2.45) is 17.4 Å². The molecule has 0 spiro atoms. The molecule has 0 radical (unpaired) electrons. The second kappa shape index (κ2) is 33.4. The van der Waals surface area contributed by atoms with E-state index in [1.165, 1.54) is 38.1 Å². The average molecular weight is 1230 g/mol. The fourth-order valence-corrected chi connectivity index (χ4v) is 11.2. The average Bonchev–Trinajstić information content (AvgIpc) is 3.72. The van der Waals surface area contributed by atoms with Crippen LogP contribution in [0, 0.1) is 5.92 Å². The molecule has 86 heavy (non-hydrogen) atoms. The van der Waals surface area contributed by atoms with Gasteiger partial charge in [0, 0.05) is 47.9 Å². The number of aromatic nitrogens is 1. The van der Waals surface area contributed by atoms with E-state index in [0.29, 0.717) is 40.4 Å². The van der Waals surface area contributed by atoms with Gasteiger partial charge >= 0.3 is 11.9 Å². The Morgan fingerprint density at radius 3 is 1.80 bits per heavy atom. The van der Waals surface area contributed by atoms with Crippen molar-refractivity contribution >= 4 is 97.6 Å². The SMILES string of the molecule is CC(C)[C@H](NC(=O)[C@@H]1CSSC[C@H](NC(=O)[C@H](CC(=O)O)NC(=O)[C@H](C)NC(=O)[C@@H](N)[C@@H](C)O)C(=O)N[C@@H](Cc2ccccc2)C(=O)N[C@@H](Cc2c[nH]c3ccccc23)C(=O)N[C@@H](CCCCN)C(=O)N[C@@H](Cc2ccc(O)cc2)C(=O)N1)C(=O)O. The van der Waals surface area contributed by atoms with E-state index in [0.717, 1.165) is 21.6 Å². The smallest absolute Gasteiger partial charge is 0.326 e. The van der Waals surface area contributed by atoms with Gasteiger partial charge in [-0.2, -0.15) is 0 Å². The summed E-state index contributed by atoms with van der Waals surface area (Å²) in [6.07, 6.45) is -0.676. The fourth-order valence-electron chi connectivity index (χ4n) is 8.90. The van der Waals surface area contributed by atoms with Crippen LogP contribution in [0.25, 0.3) is 10.9 Å². The van der Waals surface area contributed by atoms with E-state index < -0.39 is 150 Å². The number of aromatic hydroxyl groups is 1. The van der Waals surface area contributed by atoms with Gasteiger partial charge in [0.2, 0.25) is 53.2 Å². The maximum absolute atomic E-state index is 15.0. The summed E-state index contributed by atoms with van der Waals surface area (Å²) in [5, 5.41) is 63.6. The van der Waals surface area contributed by atoms with Crippen LogP contribution in [0.4, 0.5) is 0 Å². The number of phenolic OH excluding ortho intramolecular Hbond substituents is 1. The number of aromatic amines is 1. The number of fused-ring (bicyclic) bond motifs is 1. The maximum Gasteiger partial charge on any atom is 0.326 e. The van der Waals surface area contributed by atoms with E-state index in [4.69, 9.17) is 11.5 Å². The second-order valence-electron chi connectivity index (χ2n) is 21.1. The number of rotatable bonds is 23. The number of carboxylic acids is 2. The molecule has 0 unspecified atom stereocenters. The molecule has 5 rings (SSSR count). The number of hydrogen-bond acceptors (Lipinski definition) is 17. The Labute approximate surface area is 503 Å². The summed E-state index contributed by atoms with van der Waals surface area (Å²) in [4.78, 5) is 156. The third kappa shape index (κ3) is 21.1. The number of carboxylic acid groups (broad SMARTS) is 2. The highest BCUT2D eigenvalue weighted by Crippen LogP contribution is 2.25. The first-order valence-corrected chi connectivity index (χ1v) is 30.3. The number of carbonyl (C=O) groups excluding carboxylic acids is 9. The molecule has 3 aromatic carbocycles. The van der Waals surface area contributed by atoms with Crippen LogP contribution in [0.2, 0.25) is 0 Å². The Morgan fingerprint density at radius 1 is 0.640 bits per heavy atom. The zero-order valence-corrected chi connectivity index (χ0v) is 49.5. The molecule has 1 aromatic heterocycles. The van der Waals surface area contributed by atoms with Crippen LogP contribution in [0.15, 0.2) is 85.1 Å². The lowest BCUT2D eigenvalue weighted by atomic mass is 10.0. The Hall–Kier alpha value is -8.25. The minimum atomic E-state index is -1.91. The van der Waals surface area contributed by atoms with Gasteiger partial charge in [-0.05, 0) is 80.5 Å². The van der Waals surface area contributed by atoms with E-state index in [9.17, 15) is 73.2 Å². The predicted octanol–water partition coefficient (Wildman–Crippen LogP) is -1.27. The molecule has 29 heteroatoms. The Morgan fingerprint density at radius 2 is 1.20 bits per heavy atom. The minimum Gasteiger partial charge on any atom is -0.508 e. The number of carbonyl (C=O) groups is 11. The predicted molar refractivity (Wildman–Crippen MR) is 319 cm³/mol. The van der Waals surface area contributed by atoms with Crippen LogP contribution in [0.1, 0.15) is 70.1 Å². The highest BCUT2D eigenvalue weighted by atomic mass is 33.1. The van der Waals surface area contributed by atoms with Crippen LogP contribution < -0.4 is 59.3 Å². The number of amides is 9. The molecule has 0 saturated carbocycles. The van der Waals surface area contributed by atoms with E-state index in [-0.39, 0.29) is 43.7 Å². The van der Waals surface area contributed by atoms with Gasteiger partial charge in [0.15, 0.2) is 0 Å². The first-order valence-electron chi connectivity index (χ1n) is 27.8. The number of unbranched alkanes of at least 4 members (excludes halogenated alkanes) is 1. The lowest BCUT2D eigenvalue weighted by Gasteiger charge is -2.29. The summed E-state index contributed by atoms with van der Waals surface area (Å²) in [6.45, 7) is 5.74. The number of aliphatic carboxylic acids is 2. The first-order chi connectivity index (χ1) is 40.8. The molecule has 9 amide bonds. The van der Waals surface area contributed by atoms with E-state index in [1.807, 2.05) is 0 Å². The number of aliphatic hydroxyl groups is 1. The van der Waals surface area contributed by atoms with Gasteiger partial charge in [-0.1, -0.05) is 96.1 Å². The molecule has 1 fully saturated rings. The summed E-state index contributed by atoms with van der Waals surface area (Å²) in [6, 6.07) is 5.80. The first kappa shape index (κ1) is 68.5. The molecule has 11 atom stereocenters. The number of phenols is 1. The number of para-hydroxylation sites is 1. The monoisotopic (exact) mass is 1230 g/mol. The Balaban J connectivity index is 1.63. The van der Waals surface area contributed by atoms with Crippen molar-refractivity contribution in [3.63, 3.8) is 0 Å². The third-order valence-corrected chi connectivity index (χ3v) is 16.3. The zero-order valence-electron chi connectivity index (χ0n) is 47.8. The van der Waals surface area contributed by atoms with Crippen molar-refractivity contribution in [3.8, 4) is 5.75 Å². The largest absolute Gasteiger partial charge is 0.508 e. The molecular formula is C57H76N12O15S2.